The first-order valence-corrected chi connectivity index (χ1v) is 9.36. The molecule has 150 valence electrons. The van der Waals surface area contributed by atoms with Crippen LogP contribution in [0, 0.1) is 12.7 Å². The third kappa shape index (κ3) is 4.18. The molecule has 1 aromatic carbocycles. The highest BCUT2D eigenvalue weighted by atomic mass is 19.1. The molecular weight excluding hydrogens is 375 g/mol. The Morgan fingerprint density at radius 3 is 2.45 bits per heavy atom. The second-order valence-electron chi connectivity index (χ2n) is 6.68. The SMILES string of the molecule is Cc1nccn1-c1ccc(N2CCN(C(=O)COc3ccccc3F)CC2)nn1. The van der Waals surface area contributed by atoms with Crippen LogP contribution in [0.15, 0.2) is 48.8 Å². The molecule has 9 heteroatoms. The number of para-hydroxylation sites is 1. The summed E-state index contributed by atoms with van der Waals surface area (Å²) < 4.78 is 20.8. The predicted molar refractivity (Wildman–Crippen MR) is 105 cm³/mol. The minimum Gasteiger partial charge on any atom is -0.481 e. The lowest BCUT2D eigenvalue weighted by atomic mass is 10.3. The average molecular weight is 396 g/mol. The average Bonchev–Trinajstić information content (AvgIpc) is 3.19. The van der Waals surface area contributed by atoms with E-state index in [-0.39, 0.29) is 18.3 Å². The van der Waals surface area contributed by atoms with Gasteiger partial charge < -0.3 is 14.5 Å². The van der Waals surface area contributed by atoms with Crippen molar-refractivity contribution in [3.05, 3.63) is 60.4 Å². The molecule has 2 aromatic heterocycles. The molecule has 1 aliphatic rings. The summed E-state index contributed by atoms with van der Waals surface area (Å²) >= 11 is 0. The van der Waals surface area contributed by atoms with Crippen LogP contribution in [-0.2, 0) is 4.79 Å². The van der Waals surface area contributed by atoms with Gasteiger partial charge >= 0.3 is 0 Å². The molecule has 1 saturated heterocycles. The zero-order chi connectivity index (χ0) is 20.2. The number of rotatable bonds is 5. The maximum atomic E-state index is 13.6. The molecule has 3 heterocycles. The molecule has 0 bridgehead atoms. The number of benzene rings is 1. The van der Waals surface area contributed by atoms with E-state index in [1.807, 2.05) is 29.8 Å². The number of amides is 1. The Hall–Kier alpha value is -3.49. The maximum absolute atomic E-state index is 13.6. The zero-order valence-electron chi connectivity index (χ0n) is 16.0. The minimum atomic E-state index is -0.474. The molecule has 0 spiro atoms. The fourth-order valence-electron chi connectivity index (χ4n) is 3.21. The Kier molecular flexibility index (Phi) is 5.37. The van der Waals surface area contributed by atoms with Crippen LogP contribution in [0.5, 0.6) is 5.75 Å². The van der Waals surface area contributed by atoms with Crippen LogP contribution in [0.2, 0.25) is 0 Å². The van der Waals surface area contributed by atoms with E-state index in [1.54, 1.807) is 23.2 Å². The van der Waals surface area contributed by atoms with Gasteiger partial charge in [0.1, 0.15) is 5.82 Å². The largest absolute Gasteiger partial charge is 0.481 e. The van der Waals surface area contributed by atoms with Gasteiger partial charge in [0.05, 0.1) is 0 Å². The lowest BCUT2D eigenvalue weighted by Crippen LogP contribution is -2.50. The van der Waals surface area contributed by atoms with Gasteiger partial charge in [0.25, 0.3) is 5.91 Å². The van der Waals surface area contributed by atoms with E-state index in [0.717, 1.165) is 11.6 Å². The Morgan fingerprint density at radius 2 is 1.79 bits per heavy atom. The molecule has 1 aliphatic heterocycles. The number of hydrogen-bond donors (Lipinski definition) is 0. The van der Waals surface area contributed by atoms with Gasteiger partial charge in [0.15, 0.2) is 29.8 Å². The summed E-state index contributed by atoms with van der Waals surface area (Å²) in [6, 6.07) is 9.88. The first-order valence-electron chi connectivity index (χ1n) is 9.36. The summed E-state index contributed by atoms with van der Waals surface area (Å²) in [5, 5.41) is 8.59. The standard InChI is InChI=1S/C20H21FN6O2/c1-15-22-8-9-27(15)19-7-6-18(23-24-19)25-10-12-26(13-11-25)20(28)14-29-17-5-3-2-4-16(17)21/h2-9H,10-14H2,1H3. The Bertz CT molecular complexity index is 983. The molecule has 29 heavy (non-hydrogen) atoms. The fourth-order valence-corrected chi connectivity index (χ4v) is 3.21. The van der Waals surface area contributed by atoms with E-state index < -0.39 is 5.82 Å². The van der Waals surface area contributed by atoms with Crippen molar-refractivity contribution in [2.75, 3.05) is 37.7 Å². The van der Waals surface area contributed by atoms with Gasteiger partial charge in [-0.1, -0.05) is 12.1 Å². The number of aryl methyl sites for hydroxylation is 1. The summed E-state index contributed by atoms with van der Waals surface area (Å²) in [5.41, 5.74) is 0. The number of hydrogen-bond acceptors (Lipinski definition) is 6. The summed E-state index contributed by atoms with van der Waals surface area (Å²) in [6.07, 6.45) is 3.56. The van der Waals surface area contributed by atoms with Crippen LogP contribution >= 0.6 is 0 Å². The van der Waals surface area contributed by atoms with Gasteiger partial charge in [0, 0.05) is 38.6 Å². The highest BCUT2D eigenvalue weighted by molar-refractivity contribution is 5.78. The van der Waals surface area contributed by atoms with Crippen molar-refractivity contribution in [2.24, 2.45) is 0 Å². The zero-order valence-corrected chi connectivity index (χ0v) is 16.0. The Morgan fingerprint density at radius 1 is 1.07 bits per heavy atom. The van der Waals surface area contributed by atoms with E-state index in [0.29, 0.717) is 32.0 Å². The van der Waals surface area contributed by atoms with Gasteiger partial charge in [0.2, 0.25) is 0 Å². The molecule has 0 saturated carbocycles. The summed E-state index contributed by atoms with van der Waals surface area (Å²) in [5.74, 6) is 1.77. The third-order valence-electron chi connectivity index (χ3n) is 4.85. The molecule has 0 N–H and O–H groups in total. The second kappa shape index (κ2) is 8.26. The molecule has 0 aliphatic carbocycles. The topological polar surface area (TPSA) is 76.4 Å². The Labute approximate surface area is 167 Å². The highest BCUT2D eigenvalue weighted by Gasteiger charge is 2.22. The maximum Gasteiger partial charge on any atom is 0.260 e. The number of nitrogens with zero attached hydrogens (tertiary/aromatic N) is 6. The smallest absolute Gasteiger partial charge is 0.260 e. The van der Waals surface area contributed by atoms with Crippen molar-refractivity contribution in [3.63, 3.8) is 0 Å². The van der Waals surface area contributed by atoms with Gasteiger partial charge in [-0.3, -0.25) is 9.36 Å². The molecule has 1 amide bonds. The van der Waals surface area contributed by atoms with Gasteiger partial charge in [-0.15, -0.1) is 10.2 Å². The number of imidazole rings is 1. The van der Waals surface area contributed by atoms with Crippen LogP contribution in [-0.4, -0.2) is 63.3 Å². The van der Waals surface area contributed by atoms with Gasteiger partial charge in [-0.05, 0) is 31.2 Å². The minimum absolute atomic E-state index is 0.0861. The monoisotopic (exact) mass is 396 g/mol. The number of carbonyl (C=O) groups is 1. The number of anilines is 1. The molecule has 8 nitrogen and oxygen atoms in total. The summed E-state index contributed by atoms with van der Waals surface area (Å²) in [6.45, 7) is 4.10. The van der Waals surface area contributed by atoms with Crippen molar-refractivity contribution in [1.82, 2.24) is 24.6 Å². The van der Waals surface area contributed by atoms with Crippen molar-refractivity contribution in [3.8, 4) is 11.6 Å². The Balaban J connectivity index is 1.30. The van der Waals surface area contributed by atoms with Crippen molar-refractivity contribution < 1.29 is 13.9 Å². The molecule has 3 aromatic rings. The van der Waals surface area contributed by atoms with E-state index in [2.05, 4.69) is 20.1 Å². The lowest BCUT2D eigenvalue weighted by molar-refractivity contribution is -0.133. The van der Waals surface area contributed by atoms with Gasteiger partial charge in [-0.25, -0.2) is 9.37 Å². The van der Waals surface area contributed by atoms with Crippen molar-refractivity contribution in [2.45, 2.75) is 6.92 Å². The number of carbonyl (C=O) groups excluding carboxylic acids is 1. The predicted octanol–water partition coefficient (Wildman–Crippen LogP) is 1.84. The second-order valence-corrected chi connectivity index (χ2v) is 6.68. The van der Waals surface area contributed by atoms with Crippen molar-refractivity contribution >= 4 is 11.7 Å². The first-order chi connectivity index (χ1) is 14.1. The van der Waals surface area contributed by atoms with E-state index >= 15 is 0 Å². The van der Waals surface area contributed by atoms with Gasteiger partial charge in [-0.2, -0.15) is 0 Å². The van der Waals surface area contributed by atoms with Crippen LogP contribution < -0.4 is 9.64 Å². The molecular formula is C20H21FN6O2. The molecule has 1 fully saturated rings. The van der Waals surface area contributed by atoms with Crippen LogP contribution in [0.3, 0.4) is 0 Å². The molecule has 4 rings (SSSR count). The fraction of sp³-hybridized carbons (Fsp3) is 0.300. The van der Waals surface area contributed by atoms with Crippen LogP contribution in [0.25, 0.3) is 5.82 Å². The third-order valence-corrected chi connectivity index (χ3v) is 4.85. The van der Waals surface area contributed by atoms with E-state index in [1.165, 1.54) is 12.1 Å². The van der Waals surface area contributed by atoms with E-state index in [4.69, 9.17) is 4.74 Å². The van der Waals surface area contributed by atoms with Crippen LogP contribution in [0.4, 0.5) is 10.2 Å². The number of piperazine rings is 1. The molecule has 0 unspecified atom stereocenters. The number of aromatic nitrogens is 4. The summed E-state index contributed by atoms with van der Waals surface area (Å²) in [4.78, 5) is 20.3. The number of ether oxygens (including phenoxy) is 1. The first kappa shape index (κ1) is 18.9. The molecule has 0 radical (unpaired) electrons. The highest BCUT2D eigenvalue weighted by Crippen LogP contribution is 2.17. The van der Waals surface area contributed by atoms with Crippen molar-refractivity contribution in [1.29, 1.82) is 0 Å². The normalized spacial score (nSPS) is 14.1. The van der Waals surface area contributed by atoms with Crippen LogP contribution in [0.1, 0.15) is 5.82 Å². The lowest BCUT2D eigenvalue weighted by Gasteiger charge is -2.35. The summed E-state index contributed by atoms with van der Waals surface area (Å²) in [7, 11) is 0. The molecule has 0 atom stereocenters. The number of halogens is 1. The quantitative estimate of drug-likeness (QED) is 0.655. The van der Waals surface area contributed by atoms with E-state index in [9.17, 15) is 9.18 Å².